The molecule has 0 unspecified atom stereocenters. The fraction of sp³-hybridized carbons (Fsp3) is 0.133. The number of hydrogen-bond donors (Lipinski definition) is 0. The Hall–Kier alpha value is -3.21. The number of carbonyl (C=O) groups is 2. The Morgan fingerprint density at radius 2 is 1.20 bits per heavy atom. The molecule has 4 aromatic rings. The van der Waals surface area contributed by atoms with Gasteiger partial charge in [0, 0.05) is 10.9 Å². The fourth-order valence-corrected chi connectivity index (χ4v) is 7.71. The average Bonchev–Trinajstić information content (AvgIpc) is 3.16. The Bertz CT molecular complexity index is 1480. The molecule has 35 heavy (non-hydrogen) atoms. The molecule has 8 rings (SSSR count). The van der Waals surface area contributed by atoms with E-state index in [0.29, 0.717) is 10.7 Å². The second-order valence-corrected chi connectivity index (χ2v) is 11.1. The Kier molecular flexibility index (Phi) is 4.46. The maximum Gasteiger partial charge on any atom is 0.239 e. The predicted octanol–water partition coefficient (Wildman–Crippen LogP) is 6.91. The molecule has 4 aromatic carbocycles. The third-order valence-electron chi connectivity index (χ3n) is 7.82. The Labute approximate surface area is 216 Å². The van der Waals surface area contributed by atoms with E-state index in [1.54, 1.807) is 0 Å². The largest absolute Gasteiger partial charge is 0.274 e. The molecule has 1 heterocycles. The number of nitrogens with zero attached hydrogens (tertiary/aromatic N) is 1. The lowest BCUT2D eigenvalue weighted by Gasteiger charge is -2.51. The lowest BCUT2D eigenvalue weighted by Crippen LogP contribution is -2.50. The van der Waals surface area contributed by atoms with Crippen LogP contribution in [0.25, 0.3) is 11.1 Å². The van der Waals surface area contributed by atoms with E-state index in [1.165, 1.54) is 4.90 Å². The van der Waals surface area contributed by atoms with Gasteiger partial charge in [-0.2, -0.15) is 0 Å². The number of benzene rings is 4. The van der Waals surface area contributed by atoms with Crippen LogP contribution in [0.5, 0.6) is 0 Å². The van der Waals surface area contributed by atoms with Crippen molar-refractivity contribution in [1.29, 1.82) is 0 Å². The summed E-state index contributed by atoms with van der Waals surface area (Å²) in [4.78, 5) is 29.4. The summed E-state index contributed by atoms with van der Waals surface area (Å²) in [5.74, 6) is -1.35. The Morgan fingerprint density at radius 1 is 0.686 bits per heavy atom. The molecule has 3 aliphatic carbocycles. The van der Waals surface area contributed by atoms with Gasteiger partial charge >= 0.3 is 0 Å². The summed E-state index contributed by atoms with van der Waals surface area (Å²) in [5.41, 5.74) is 7.07. The number of rotatable bonds is 2. The van der Waals surface area contributed by atoms with E-state index >= 15 is 0 Å². The smallest absolute Gasteiger partial charge is 0.239 e. The molecule has 4 aliphatic rings. The third-order valence-corrected chi connectivity index (χ3v) is 9.42. The van der Waals surface area contributed by atoms with Gasteiger partial charge in [0.05, 0.1) is 21.8 Å². The van der Waals surface area contributed by atoms with Crippen LogP contribution in [0, 0.1) is 11.8 Å². The summed E-state index contributed by atoms with van der Waals surface area (Å²) in [6, 6.07) is 31.7. The van der Waals surface area contributed by atoms with Crippen LogP contribution in [0.2, 0.25) is 5.02 Å². The van der Waals surface area contributed by atoms with E-state index in [0.717, 1.165) is 33.4 Å². The number of hydrogen-bond acceptors (Lipinski definition) is 2. The molecule has 2 atom stereocenters. The predicted molar refractivity (Wildman–Crippen MR) is 141 cm³/mol. The zero-order valence-corrected chi connectivity index (χ0v) is 20.8. The summed E-state index contributed by atoms with van der Waals surface area (Å²) in [5, 5.41) is 0.682. The maximum absolute atomic E-state index is 14.0. The van der Waals surface area contributed by atoms with Gasteiger partial charge in [0.25, 0.3) is 0 Å². The molecule has 0 radical (unpaired) electrons. The molecule has 0 saturated carbocycles. The number of imide groups is 1. The van der Waals surface area contributed by atoms with Crippen LogP contribution < -0.4 is 4.90 Å². The van der Waals surface area contributed by atoms with Crippen molar-refractivity contribution in [2.45, 2.75) is 10.2 Å². The summed E-state index contributed by atoms with van der Waals surface area (Å²) in [7, 11) is 0. The molecule has 1 saturated heterocycles. The van der Waals surface area contributed by atoms with Crippen molar-refractivity contribution in [1.82, 2.24) is 0 Å². The van der Waals surface area contributed by atoms with Crippen molar-refractivity contribution in [3.63, 3.8) is 0 Å². The standard InChI is InChI=1S/C30H19BrClNO2/c31-30-23-7-3-1-5-21(23)25(22-6-2-4-8-24(22)30)26-27(30)29(35)33(28(26)34)20-15-11-18(12-16-20)17-9-13-19(32)14-10-17/h1-16,25-27H/t25?,26-,27-,30?/m1/s1. The van der Waals surface area contributed by atoms with E-state index in [4.69, 9.17) is 11.6 Å². The molecule has 3 nitrogen and oxygen atoms in total. The van der Waals surface area contributed by atoms with Crippen LogP contribution in [-0.4, -0.2) is 11.8 Å². The summed E-state index contributed by atoms with van der Waals surface area (Å²) < 4.78 is -0.732. The van der Waals surface area contributed by atoms with Crippen LogP contribution in [0.4, 0.5) is 5.69 Å². The highest BCUT2D eigenvalue weighted by atomic mass is 79.9. The average molecular weight is 541 g/mol. The SMILES string of the molecule is O=C1[C@@H]2C3c4ccccc4C(Br)(c4ccccc43)[C@H]2C(=O)N1c1ccc(-c2ccc(Cl)cc2)cc1. The molecule has 2 bridgehead atoms. The molecular formula is C30H19BrClNO2. The fourth-order valence-electron chi connectivity index (χ4n) is 6.38. The van der Waals surface area contributed by atoms with Crippen molar-refractivity contribution in [3.8, 4) is 11.1 Å². The number of halogens is 2. The highest BCUT2D eigenvalue weighted by Crippen LogP contribution is 2.66. The number of carbonyl (C=O) groups excluding carboxylic acids is 2. The van der Waals surface area contributed by atoms with Crippen LogP contribution >= 0.6 is 27.5 Å². The van der Waals surface area contributed by atoms with Gasteiger partial charge < -0.3 is 0 Å². The van der Waals surface area contributed by atoms with Crippen molar-refractivity contribution < 1.29 is 9.59 Å². The molecular weight excluding hydrogens is 522 g/mol. The normalized spacial score (nSPS) is 25.9. The molecule has 0 spiro atoms. The molecule has 1 aliphatic heterocycles. The second-order valence-electron chi connectivity index (χ2n) is 9.43. The maximum atomic E-state index is 14.0. The topological polar surface area (TPSA) is 37.4 Å². The lowest BCUT2D eigenvalue weighted by atomic mass is 9.55. The van der Waals surface area contributed by atoms with Gasteiger partial charge in [0.1, 0.15) is 0 Å². The first-order chi connectivity index (χ1) is 17.0. The monoisotopic (exact) mass is 539 g/mol. The first kappa shape index (κ1) is 21.1. The molecule has 2 amide bonds. The lowest BCUT2D eigenvalue weighted by molar-refractivity contribution is -0.122. The third kappa shape index (κ3) is 2.72. The van der Waals surface area contributed by atoms with Gasteiger partial charge in [-0.1, -0.05) is 100 Å². The zero-order chi connectivity index (χ0) is 23.9. The summed E-state index contributed by atoms with van der Waals surface area (Å²) >= 11 is 10.1. The van der Waals surface area contributed by atoms with E-state index in [9.17, 15) is 9.59 Å². The van der Waals surface area contributed by atoms with Crippen LogP contribution in [0.15, 0.2) is 97.1 Å². The molecule has 0 N–H and O–H groups in total. The minimum Gasteiger partial charge on any atom is -0.274 e. The quantitative estimate of drug-likeness (QED) is 0.205. The molecule has 1 fully saturated rings. The van der Waals surface area contributed by atoms with Crippen molar-refractivity contribution in [3.05, 3.63) is 124 Å². The zero-order valence-electron chi connectivity index (χ0n) is 18.5. The van der Waals surface area contributed by atoms with E-state index in [2.05, 4.69) is 40.2 Å². The summed E-state index contributed by atoms with van der Waals surface area (Å²) in [6.45, 7) is 0. The highest BCUT2D eigenvalue weighted by Gasteiger charge is 2.67. The molecule has 5 heteroatoms. The van der Waals surface area contributed by atoms with E-state index in [-0.39, 0.29) is 17.7 Å². The number of amides is 2. The molecule has 170 valence electrons. The number of anilines is 1. The highest BCUT2D eigenvalue weighted by molar-refractivity contribution is 9.09. The van der Waals surface area contributed by atoms with E-state index < -0.39 is 16.2 Å². The Morgan fingerprint density at radius 3 is 1.77 bits per heavy atom. The van der Waals surface area contributed by atoms with E-state index in [1.807, 2.05) is 72.8 Å². The van der Waals surface area contributed by atoms with Crippen LogP contribution in [-0.2, 0) is 13.9 Å². The second kappa shape index (κ2) is 7.39. The summed E-state index contributed by atoms with van der Waals surface area (Å²) in [6.07, 6.45) is 0. The minimum absolute atomic E-state index is 0.128. The first-order valence-electron chi connectivity index (χ1n) is 11.6. The van der Waals surface area contributed by atoms with Gasteiger partial charge in [-0.15, -0.1) is 0 Å². The van der Waals surface area contributed by atoms with Crippen LogP contribution in [0.3, 0.4) is 0 Å². The van der Waals surface area contributed by atoms with Gasteiger partial charge in [-0.25, -0.2) is 4.90 Å². The Balaban J connectivity index is 1.34. The van der Waals surface area contributed by atoms with Crippen molar-refractivity contribution in [2.75, 3.05) is 4.90 Å². The van der Waals surface area contributed by atoms with Gasteiger partial charge in [0.2, 0.25) is 11.8 Å². The van der Waals surface area contributed by atoms with Gasteiger partial charge in [-0.05, 0) is 57.6 Å². The van der Waals surface area contributed by atoms with Gasteiger partial charge in [0.15, 0.2) is 0 Å². The van der Waals surface area contributed by atoms with Crippen LogP contribution in [0.1, 0.15) is 28.2 Å². The minimum atomic E-state index is -0.732. The van der Waals surface area contributed by atoms with Crippen molar-refractivity contribution in [2.24, 2.45) is 11.8 Å². The first-order valence-corrected chi connectivity index (χ1v) is 12.8. The van der Waals surface area contributed by atoms with Gasteiger partial charge in [-0.3, -0.25) is 9.59 Å². The van der Waals surface area contributed by atoms with Crippen molar-refractivity contribution >= 4 is 45.0 Å². The number of alkyl halides is 1. The molecule has 0 aromatic heterocycles.